The largest absolute Gasteiger partial charge is 0.325 e. The van der Waals surface area contributed by atoms with Crippen molar-refractivity contribution < 1.29 is 8.42 Å². The van der Waals surface area contributed by atoms with E-state index in [2.05, 4.69) is 14.3 Å². The lowest BCUT2D eigenvalue weighted by molar-refractivity contribution is 0.601. The summed E-state index contributed by atoms with van der Waals surface area (Å²) < 4.78 is 30.1. The SMILES string of the molecule is O=S(=O)(Nc1ccccc1-c1cn2c(n1)SCC2)c1ccc(Cl)cc1. The average Bonchev–Trinajstić information content (AvgIpc) is 3.17. The van der Waals surface area contributed by atoms with Crippen molar-refractivity contribution in [2.24, 2.45) is 0 Å². The van der Waals surface area contributed by atoms with Crippen molar-refractivity contribution in [3.05, 3.63) is 59.8 Å². The molecule has 4 rings (SSSR count). The molecule has 1 aliphatic rings. The van der Waals surface area contributed by atoms with Gasteiger partial charge in [-0.2, -0.15) is 0 Å². The van der Waals surface area contributed by atoms with Crippen LogP contribution >= 0.6 is 23.4 Å². The Labute approximate surface area is 155 Å². The molecule has 0 bridgehead atoms. The first kappa shape index (κ1) is 16.5. The van der Waals surface area contributed by atoms with Crippen LogP contribution in [0, 0.1) is 0 Å². The fourth-order valence-electron chi connectivity index (χ4n) is 2.65. The van der Waals surface area contributed by atoms with E-state index in [4.69, 9.17) is 11.6 Å². The second kappa shape index (κ2) is 6.40. The Balaban J connectivity index is 1.70. The van der Waals surface area contributed by atoms with Crippen molar-refractivity contribution in [3.8, 4) is 11.3 Å². The standard InChI is InChI=1S/C17H14ClN3O2S2/c18-12-5-7-13(8-6-12)25(22,23)20-15-4-2-1-3-14(15)16-11-21-9-10-24-17(21)19-16/h1-8,11,20H,9-10H2. The Morgan fingerprint density at radius 2 is 1.88 bits per heavy atom. The highest BCUT2D eigenvalue weighted by Crippen LogP contribution is 2.33. The molecule has 0 saturated heterocycles. The first-order chi connectivity index (χ1) is 12.0. The molecule has 128 valence electrons. The van der Waals surface area contributed by atoms with Crippen LogP contribution in [0.2, 0.25) is 5.02 Å². The third-order valence-electron chi connectivity index (χ3n) is 3.87. The van der Waals surface area contributed by atoms with Crippen molar-refractivity contribution in [1.82, 2.24) is 9.55 Å². The van der Waals surface area contributed by atoms with E-state index in [1.165, 1.54) is 12.1 Å². The maximum absolute atomic E-state index is 12.7. The molecule has 25 heavy (non-hydrogen) atoms. The van der Waals surface area contributed by atoms with E-state index in [0.29, 0.717) is 10.7 Å². The lowest BCUT2D eigenvalue weighted by atomic mass is 10.1. The Bertz CT molecular complexity index is 1010. The summed E-state index contributed by atoms with van der Waals surface area (Å²) >= 11 is 7.54. The van der Waals surface area contributed by atoms with Crippen molar-refractivity contribution in [2.75, 3.05) is 10.5 Å². The van der Waals surface area contributed by atoms with E-state index in [1.807, 2.05) is 18.3 Å². The van der Waals surface area contributed by atoms with Gasteiger partial charge in [0.25, 0.3) is 10.0 Å². The van der Waals surface area contributed by atoms with Crippen LogP contribution in [0.25, 0.3) is 11.3 Å². The summed E-state index contributed by atoms with van der Waals surface area (Å²) in [6, 6.07) is 13.3. The molecule has 2 heterocycles. The second-order valence-electron chi connectivity index (χ2n) is 5.56. The molecule has 8 heteroatoms. The zero-order valence-electron chi connectivity index (χ0n) is 13.0. The normalized spacial score (nSPS) is 13.6. The smallest absolute Gasteiger partial charge is 0.261 e. The lowest BCUT2D eigenvalue weighted by Gasteiger charge is -2.11. The summed E-state index contributed by atoms with van der Waals surface area (Å²) in [6.45, 7) is 0.922. The van der Waals surface area contributed by atoms with Crippen LogP contribution in [-0.4, -0.2) is 23.7 Å². The molecule has 0 unspecified atom stereocenters. The minimum absolute atomic E-state index is 0.162. The van der Waals surface area contributed by atoms with Gasteiger partial charge >= 0.3 is 0 Å². The van der Waals surface area contributed by atoms with Crippen molar-refractivity contribution in [3.63, 3.8) is 0 Å². The van der Waals surface area contributed by atoms with Gasteiger partial charge in [0.2, 0.25) is 0 Å². The number of hydrogen-bond acceptors (Lipinski definition) is 4. The number of hydrogen-bond donors (Lipinski definition) is 1. The number of aromatic nitrogens is 2. The van der Waals surface area contributed by atoms with Gasteiger partial charge in [-0.05, 0) is 30.3 Å². The molecule has 0 saturated carbocycles. The Kier molecular flexibility index (Phi) is 4.23. The van der Waals surface area contributed by atoms with Gasteiger partial charge in [0.1, 0.15) is 0 Å². The molecule has 0 amide bonds. The molecule has 0 aliphatic carbocycles. The third kappa shape index (κ3) is 3.27. The van der Waals surface area contributed by atoms with Crippen LogP contribution in [0.5, 0.6) is 0 Å². The molecule has 0 spiro atoms. The first-order valence-corrected chi connectivity index (χ1v) is 10.5. The fraction of sp³-hybridized carbons (Fsp3) is 0.118. The van der Waals surface area contributed by atoms with E-state index >= 15 is 0 Å². The number of thioether (sulfide) groups is 1. The van der Waals surface area contributed by atoms with Crippen molar-refractivity contribution in [2.45, 2.75) is 16.6 Å². The van der Waals surface area contributed by atoms with Crippen LogP contribution in [0.4, 0.5) is 5.69 Å². The fourth-order valence-corrected chi connectivity index (χ4v) is 4.80. The molecule has 0 radical (unpaired) electrons. The van der Waals surface area contributed by atoms with E-state index in [1.54, 1.807) is 36.0 Å². The summed E-state index contributed by atoms with van der Waals surface area (Å²) in [5, 5.41) is 1.45. The number of nitrogens with one attached hydrogen (secondary N) is 1. The minimum atomic E-state index is -3.70. The van der Waals surface area contributed by atoms with Gasteiger partial charge < -0.3 is 4.57 Å². The van der Waals surface area contributed by atoms with Gasteiger partial charge in [-0.15, -0.1) is 0 Å². The predicted octanol–water partition coefficient (Wildman–Crippen LogP) is 4.11. The van der Waals surface area contributed by atoms with Crippen LogP contribution in [0.15, 0.2) is 64.8 Å². The Hall–Kier alpha value is -1.96. The van der Waals surface area contributed by atoms with E-state index in [-0.39, 0.29) is 4.90 Å². The zero-order chi connectivity index (χ0) is 17.4. The van der Waals surface area contributed by atoms with Crippen LogP contribution in [0.1, 0.15) is 0 Å². The van der Waals surface area contributed by atoms with Crippen LogP contribution in [-0.2, 0) is 16.6 Å². The number of sulfonamides is 1. The summed E-state index contributed by atoms with van der Waals surface area (Å²) in [5.74, 6) is 1.02. The third-order valence-corrected chi connectivity index (χ3v) is 6.48. The van der Waals surface area contributed by atoms with Crippen molar-refractivity contribution >= 4 is 39.1 Å². The molecule has 0 atom stereocenters. The van der Waals surface area contributed by atoms with Gasteiger partial charge in [-0.1, -0.05) is 41.6 Å². The van der Waals surface area contributed by atoms with Gasteiger partial charge in [-0.25, -0.2) is 13.4 Å². The molecule has 1 aliphatic heterocycles. The van der Waals surface area contributed by atoms with Gasteiger partial charge in [0.15, 0.2) is 5.16 Å². The van der Waals surface area contributed by atoms with Gasteiger partial charge in [-0.3, -0.25) is 4.72 Å². The maximum Gasteiger partial charge on any atom is 0.261 e. The monoisotopic (exact) mass is 391 g/mol. The summed E-state index contributed by atoms with van der Waals surface area (Å²) in [5.41, 5.74) is 2.01. The predicted molar refractivity (Wildman–Crippen MR) is 101 cm³/mol. The summed E-state index contributed by atoms with van der Waals surface area (Å²) in [4.78, 5) is 4.77. The Morgan fingerprint density at radius 3 is 2.64 bits per heavy atom. The molecule has 2 aromatic carbocycles. The molecular weight excluding hydrogens is 378 g/mol. The average molecular weight is 392 g/mol. The topological polar surface area (TPSA) is 64.0 Å². The number of aryl methyl sites for hydroxylation is 1. The van der Waals surface area contributed by atoms with Crippen LogP contribution < -0.4 is 4.72 Å². The maximum atomic E-state index is 12.7. The number of fused-ring (bicyclic) bond motifs is 1. The number of para-hydroxylation sites is 1. The van der Waals surface area contributed by atoms with Gasteiger partial charge in [0, 0.05) is 29.1 Å². The molecule has 5 nitrogen and oxygen atoms in total. The first-order valence-electron chi connectivity index (χ1n) is 7.61. The molecule has 3 aromatic rings. The molecule has 1 N–H and O–H groups in total. The highest BCUT2D eigenvalue weighted by molar-refractivity contribution is 7.99. The zero-order valence-corrected chi connectivity index (χ0v) is 15.4. The van der Waals surface area contributed by atoms with Gasteiger partial charge in [0.05, 0.1) is 16.3 Å². The van der Waals surface area contributed by atoms with E-state index in [9.17, 15) is 8.42 Å². The number of benzene rings is 2. The quantitative estimate of drug-likeness (QED) is 0.726. The summed E-state index contributed by atoms with van der Waals surface area (Å²) in [6.07, 6.45) is 1.96. The number of anilines is 1. The highest BCUT2D eigenvalue weighted by atomic mass is 35.5. The number of nitrogens with zero attached hydrogens (tertiary/aromatic N) is 2. The lowest BCUT2D eigenvalue weighted by Crippen LogP contribution is -2.13. The highest BCUT2D eigenvalue weighted by Gasteiger charge is 2.20. The van der Waals surface area contributed by atoms with Crippen molar-refractivity contribution in [1.29, 1.82) is 0 Å². The number of rotatable bonds is 4. The number of imidazole rings is 1. The van der Waals surface area contributed by atoms with Crippen LogP contribution in [0.3, 0.4) is 0 Å². The molecule has 1 aromatic heterocycles. The Morgan fingerprint density at radius 1 is 1.12 bits per heavy atom. The molecule has 0 fully saturated rings. The minimum Gasteiger partial charge on any atom is -0.325 e. The molecular formula is C17H14ClN3O2S2. The summed E-state index contributed by atoms with van der Waals surface area (Å²) in [7, 11) is -3.70. The second-order valence-corrected chi connectivity index (χ2v) is 8.74. The van der Waals surface area contributed by atoms with E-state index in [0.717, 1.165) is 28.7 Å². The van der Waals surface area contributed by atoms with E-state index < -0.39 is 10.0 Å². The number of halogens is 1.